The maximum Gasteiger partial charge on any atom is 0.271 e. The minimum absolute atomic E-state index is 0.133. The van der Waals surface area contributed by atoms with E-state index in [4.69, 9.17) is 5.73 Å². The van der Waals surface area contributed by atoms with Gasteiger partial charge in [-0.3, -0.25) is 4.79 Å². The second kappa shape index (κ2) is 3.89. The summed E-state index contributed by atoms with van der Waals surface area (Å²) in [4.78, 5) is 16.5. The zero-order valence-electron chi connectivity index (χ0n) is 8.16. The maximum atomic E-state index is 11.6. The predicted molar refractivity (Wildman–Crippen MR) is 56.2 cm³/mol. The molecular formula is C9H9N5O2. The summed E-state index contributed by atoms with van der Waals surface area (Å²) in [5, 5.41) is 13.0. The maximum absolute atomic E-state index is 11.6. The number of aromatic hydroxyl groups is 1. The van der Waals surface area contributed by atoms with E-state index in [1.165, 1.54) is 30.9 Å². The van der Waals surface area contributed by atoms with Crippen molar-refractivity contribution in [3.05, 3.63) is 36.4 Å². The van der Waals surface area contributed by atoms with Gasteiger partial charge in [0.05, 0.1) is 5.69 Å². The third-order valence-electron chi connectivity index (χ3n) is 1.93. The molecule has 7 heteroatoms. The van der Waals surface area contributed by atoms with Crippen LogP contribution >= 0.6 is 0 Å². The highest BCUT2D eigenvalue weighted by Crippen LogP contribution is 2.20. The zero-order chi connectivity index (χ0) is 11.5. The van der Waals surface area contributed by atoms with E-state index >= 15 is 0 Å². The Morgan fingerprint density at radius 1 is 1.50 bits per heavy atom. The van der Waals surface area contributed by atoms with Gasteiger partial charge in [-0.05, 0) is 18.2 Å². The number of hydrogen-bond donors (Lipinski definition) is 3. The van der Waals surface area contributed by atoms with Gasteiger partial charge in [0.1, 0.15) is 18.4 Å². The largest absolute Gasteiger partial charge is 0.506 e. The second-order valence-corrected chi connectivity index (χ2v) is 3.05. The lowest BCUT2D eigenvalue weighted by molar-refractivity contribution is 0.100. The molecule has 1 aromatic carbocycles. The lowest BCUT2D eigenvalue weighted by Crippen LogP contribution is -2.23. The summed E-state index contributed by atoms with van der Waals surface area (Å²) < 4.78 is 0. The molecule has 0 radical (unpaired) electrons. The molecule has 0 unspecified atom stereocenters. The van der Waals surface area contributed by atoms with Gasteiger partial charge in [-0.15, -0.1) is 5.10 Å². The molecule has 1 aromatic heterocycles. The molecule has 0 bridgehead atoms. The molecule has 82 valence electrons. The van der Waals surface area contributed by atoms with Crippen molar-refractivity contribution in [1.82, 2.24) is 14.9 Å². The second-order valence-electron chi connectivity index (χ2n) is 3.05. The number of anilines is 1. The molecule has 1 amide bonds. The lowest BCUT2D eigenvalue weighted by atomic mass is 10.2. The Bertz CT molecular complexity index is 509. The number of carbonyl (C=O) groups is 1. The summed E-state index contributed by atoms with van der Waals surface area (Å²) in [7, 11) is 0. The third kappa shape index (κ3) is 1.92. The van der Waals surface area contributed by atoms with Crippen LogP contribution in [0.1, 0.15) is 10.4 Å². The summed E-state index contributed by atoms with van der Waals surface area (Å²) in [5.41, 5.74) is 8.35. The number of nitrogens with one attached hydrogen (secondary N) is 1. The van der Waals surface area contributed by atoms with Gasteiger partial charge in [-0.25, -0.2) is 10.4 Å². The van der Waals surface area contributed by atoms with Crippen LogP contribution in [-0.2, 0) is 0 Å². The van der Waals surface area contributed by atoms with Crippen molar-refractivity contribution < 1.29 is 9.90 Å². The average molecular weight is 219 g/mol. The number of hydrogen-bond acceptors (Lipinski definition) is 5. The summed E-state index contributed by atoms with van der Waals surface area (Å²) >= 11 is 0. The van der Waals surface area contributed by atoms with E-state index in [1.54, 1.807) is 0 Å². The average Bonchev–Trinajstić information content (AvgIpc) is 2.74. The predicted octanol–water partition coefficient (Wildman–Crippen LogP) is -0.0502. The lowest BCUT2D eigenvalue weighted by Gasteiger charge is -2.05. The Labute approximate surface area is 90.5 Å². The highest BCUT2D eigenvalue weighted by atomic mass is 16.3. The van der Waals surface area contributed by atoms with Crippen molar-refractivity contribution in [2.75, 3.05) is 11.2 Å². The Hall–Kier alpha value is -2.57. The fourth-order valence-corrected chi connectivity index (χ4v) is 1.12. The molecule has 0 saturated heterocycles. The van der Waals surface area contributed by atoms with Gasteiger partial charge in [0.25, 0.3) is 5.91 Å². The van der Waals surface area contributed by atoms with Crippen LogP contribution in [0.25, 0.3) is 0 Å². The van der Waals surface area contributed by atoms with Crippen LogP contribution < -0.4 is 11.2 Å². The first kappa shape index (κ1) is 9.97. The number of rotatable bonds is 2. The first-order valence-electron chi connectivity index (χ1n) is 4.41. The fraction of sp³-hybridized carbons (Fsp3) is 0. The zero-order valence-corrected chi connectivity index (χ0v) is 8.16. The SMILES string of the molecule is Nc1ccc(C(=O)Nn2cncn2)cc1O. The summed E-state index contributed by atoms with van der Waals surface area (Å²) in [6, 6.07) is 4.23. The van der Waals surface area contributed by atoms with E-state index in [2.05, 4.69) is 15.5 Å². The molecule has 2 rings (SSSR count). The summed E-state index contributed by atoms with van der Waals surface area (Å²) in [6.45, 7) is 0. The number of amides is 1. The first-order chi connectivity index (χ1) is 7.66. The highest BCUT2D eigenvalue weighted by Gasteiger charge is 2.08. The van der Waals surface area contributed by atoms with E-state index in [-0.39, 0.29) is 17.0 Å². The number of aromatic nitrogens is 3. The molecule has 0 saturated carbocycles. The Kier molecular flexibility index (Phi) is 2.42. The number of nitrogen functional groups attached to an aromatic ring is 1. The molecule has 0 aliphatic carbocycles. The van der Waals surface area contributed by atoms with Crippen LogP contribution in [0.2, 0.25) is 0 Å². The normalized spacial score (nSPS) is 10.0. The van der Waals surface area contributed by atoms with Crippen LogP contribution in [-0.4, -0.2) is 25.9 Å². The van der Waals surface area contributed by atoms with Crippen molar-refractivity contribution in [1.29, 1.82) is 0 Å². The van der Waals surface area contributed by atoms with Crippen molar-refractivity contribution in [3.63, 3.8) is 0 Å². The number of phenolic OH excluding ortho intramolecular Hbond substituents is 1. The van der Waals surface area contributed by atoms with Gasteiger partial charge in [0.15, 0.2) is 0 Å². The van der Waals surface area contributed by atoms with Crippen molar-refractivity contribution in [2.45, 2.75) is 0 Å². The molecule has 0 aliphatic heterocycles. The number of nitrogens with two attached hydrogens (primary N) is 1. The van der Waals surface area contributed by atoms with Gasteiger partial charge in [0, 0.05) is 5.56 Å². The molecular weight excluding hydrogens is 210 g/mol. The van der Waals surface area contributed by atoms with Crippen molar-refractivity contribution in [3.8, 4) is 5.75 Å². The van der Waals surface area contributed by atoms with E-state index in [1.807, 2.05) is 0 Å². The third-order valence-corrected chi connectivity index (χ3v) is 1.93. The molecule has 2 aromatic rings. The van der Waals surface area contributed by atoms with Gasteiger partial charge in [0.2, 0.25) is 0 Å². The smallest absolute Gasteiger partial charge is 0.271 e. The Balaban J connectivity index is 2.18. The van der Waals surface area contributed by atoms with E-state index in [0.29, 0.717) is 0 Å². The number of carbonyl (C=O) groups excluding carboxylic acids is 1. The minimum atomic E-state index is -0.416. The van der Waals surface area contributed by atoms with Crippen molar-refractivity contribution in [2.24, 2.45) is 0 Å². The molecule has 0 atom stereocenters. The first-order valence-corrected chi connectivity index (χ1v) is 4.41. The highest BCUT2D eigenvalue weighted by molar-refractivity contribution is 6.00. The van der Waals surface area contributed by atoms with Crippen LogP contribution in [0.15, 0.2) is 30.9 Å². The molecule has 0 fully saturated rings. The van der Waals surface area contributed by atoms with Crippen LogP contribution in [0, 0.1) is 0 Å². The van der Waals surface area contributed by atoms with E-state index in [0.717, 1.165) is 4.79 Å². The summed E-state index contributed by atoms with van der Waals surface area (Å²) in [5.74, 6) is -0.549. The molecule has 7 nitrogen and oxygen atoms in total. The van der Waals surface area contributed by atoms with Gasteiger partial charge < -0.3 is 10.8 Å². The number of benzene rings is 1. The van der Waals surface area contributed by atoms with Gasteiger partial charge >= 0.3 is 0 Å². The molecule has 1 heterocycles. The number of phenols is 1. The topological polar surface area (TPSA) is 106 Å². The molecule has 0 spiro atoms. The number of nitrogens with zero attached hydrogens (tertiary/aromatic N) is 3. The quantitative estimate of drug-likeness (QED) is 0.485. The van der Waals surface area contributed by atoms with E-state index in [9.17, 15) is 9.90 Å². The standard InChI is InChI=1S/C9H9N5O2/c10-7-2-1-6(3-8(7)15)9(16)13-14-5-11-4-12-14/h1-5,15H,10H2,(H,13,16). The minimum Gasteiger partial charge on any atom is -0.506 e. The summed E-state index contributed by atoms with van der Waals surface area (Å²) in [6.07, 6.45) is 2.63. The molecule has 4 N–H and O–H groups in total. The van der Waals surface area contributed by atoms with Crippen LogP contribution in [0.5, 0.6) is 5.75 Å². The van der Waals surface area contributed by atoms with E-state index < -0.39 is 5.91 Å². The molecule has 0 aliphatic rings. The van der Waals surface area contributed by atoms with Gasteiger partial charge in [-0.2, -0.15) is 4.79 Å². The molecule has 16 heavy (non-hydrogen) atoms. The van der Waals surface area contributed by atoms with Crippen molar-refractivity contribution >= 4 is 11.6 Å². The fourth-order valence-electron chi connectivity index (χ4n) is 1.12. The van der Waals surface area contributed by atoms with Gasteiger partial charge in [-0.1, -0.05) is 0 Å². The van der Waals surface area contributed by atoms with Crippen LogP contribution in [0.3, 0.4) is 0 Å². The monoisotopic (exact) mass is 219 g/mol. The Morgan fingerprint density at radius 3 is 2.94 bits per heavy atom. The Morgan fingerprint density at radius 2 is 2.31 bits per heavy atom. The van der Waals surface area contributed by atoms with Crippen LogP contribution in [0.4, 0.5) is 5.69 Å².